The summed E-state index contributed by atoms with van der Waals surface area (Å²) in [5, 5.41) is 0. The van der Waals surface area contributed by atoms with Crippen LogP contribution in [-0.2, 0) is 0 Å². The van der Waals surface area contributed by atoms with Crippen molar-refractivity contribution in [2.24, 2.45) is 10.7 Å². The Morgan fingerprint density at radius 3 is 2.47 bits per heavy atom. The molecule has 0 saturated carbocycles. The van der Waals surface area contributed by atoms with Crippen molar-refractivity contribution >= 4 is 11.6 Å². The first-order chi connectivity index (χ1) is 9.27. The molecule has 4 heteroatoms. The number of aliphatic imine (C=N–C) groups is 1. The lowest BCUT2D eigenvalue weighted by molar-refractivity contribution is 0.619. The van der Waals surface area contributed by atoms with Crippen LogP contribution in [0.5, 0.6) is 0 Å². The standard InChI is InChI=1S/C15H14FN3/c16-12-8-4-5-9-13(12)19-14(10-18-15(19)17)11-6-2-1-3-7-11/h1-9,14H,10H2,(H2,17,18). The average Bonchev–Trinajstić information content (AvgIpc) is 2.82. The number of nitrogens with zero attached hydrogens (tertiary/aromatic N) is 2. The van der Waals surface area contributed by atoms with E-state index < -0.39 is 0 Å². The van der Waals surface area contributed by atoms with Crippen molar-refractivity contribution in [3.05, 3.63) is 66.0 Å². The van der Waals surface area contributed by atoms with E-state index in [-0.39, 0.29) is 11.9 Å². The van der Waals surface area contributed by atoms with Crippen LogP contribution in [0.4, 0.5) is 10.1 Å². The zero-order chi connectivity index (χ0) is 13.2. The zero-order valence-corrected chi connectivity index (χ0v) is 10.3. The van der Waals surface area contributed by atoms with Crippen molar-refractivity contribution < 1.29 is 4.39 Å². The number of anilines is 1. The van der Waals surface area contributed by atoms with E-state index in [0.29, 0.717) is 18.2 Å². The van der Waals surface area contributed by atoms with Crippen LogP contribution in [0.2, 0.25) is 0 Å². The second kappa shape index (κ2) is 4.72. The van der Waals surface area contributed by atoms with Gasteiger partial charge in [-0.15, -0.1) is 0 Å². The molecule has 0 radical (unpaired) electrons. The van der Waals surface area contributed by atoms with Crippen LogP contribution in [0, 0.1) is 5.82 Å². The number of hydrogen-bond donors (Lipinski definition) is 1. The average molecular weight is 255 g/mol. The predicted molar refractivity (Wildman–Crippen MR) is 74.6 cm³/mol. The van der Waals surface area contributed by atoms with E-state index in [1.807, 2.05) is 30.3 Å². The van der Waals surface area contributed by atoms with E-state index in [1.165, 1.54) is 6.07 Å². The first-order valence-corrected chi connectivity index (χ1v) is 6.16. The second-order valence-corrected chi connectivity index (χ2v) is 4.45. The molecule has 0 amide bonds. The van der Waals surface area contributed by atoms with Gasteiger partial charge in [-0.2, -0.15) is 0 Å². The molecule has 3 nitrogen and oxygen atoms in total. The van der Waals surface area contributed by atoms with Gasteiger partial charge in [-0.1, -0.05) is 42.5 Å². The topological polar surface area (TPSA) is 41.6 Å². The fraction of sp³-hybridized carbons (Fsp3) is 0.133. The maximum Gasteiger partial charge on any atom is 0.196 e. The van der Waals surface area contributed by atoms with Gasteiger partial charge in [-0.05, 0) is 17.7 Å². The molecule has 2 aromatic rings. The first-order valence-electron chi connectivity index (χ1n) is 6.16. The van der Waals surface area contributed by atoms with E-state index in [4.69, 9.17) is 5.73 Å². The highest BCUT2D eigenvalue weighted by atomic mass is 19.1. The van der Waals surface area contributed by atoms with Gasteiger partial charge < -0.3 is 10.6 Å². The Kier molecular flexibility index (Phi) is 2.91. The first kappa shape index (κ1) is 11.7. The maximum absolute atomic E-state index is 14.0. The van der Waals surface area contributed by atoms with Crippen LogP contribution in [0.15, 0.2) is 59.6 Å². The van der Waals surface area contributed by atoms with E-state index >= 15 is 0 Å². The number of hydrogen-bond acceptors (Lipinski definition) is 3. The van der Waals surface area contributed by atoms with Crippen molar-refractivity contribution in [1.29, 1.82) is 0 Å². The van der Waals surface area contributed by atoms with E-state index in [0.717, 1.165) is 5.56 Å². The van der Waals surface area contributed by atoms with Crippen LogP contribution in [0.1, 0.15) is 11.6 Å². The van der Waals surface area contributed by atoms with Gasteiger partial charge in [-0.3, -0.25) is 4.99 Å². The van der Waals surface area contributed by atoms with Gasteiger partial charge in [-0.25, -0.2) is 4.39 Å². The molecular formula is C15H14FN3. The molecule has 19 heavy (non-hydrogen) atoms. The Labute approximate surface area is 111 Å². The number of para-hydroxylation sites is 1. The van der Waals surface area contributed by atoms with Gasteiger partial charge in [0.2, 0.25) is 0 Å². The molecule has 96 valence electrons. The zero-order valence-electron chi connectivity index (χ0n) is 10.3. The molecule has 0 saturated heterocycles. The maximum atomic E-state index is 14.0. The minimum atomic E-state index is -0.288. The second-order valence-electron chi connectivity index (χ2n) is 4.45. The molecule has 0 bridgehead atoms. The van der Waals surface area contributed by atoms with Gasteiger partial charge in [0.15, 0.2) is 5.96 Å². The number of halogens is 1. The molecule has 0 spiro atoms. The third-order valence-electron chi connectivity index (χ3n) is 3.28. The highest BCUT2D eigenvalue weighted by molar-refractivity contribution is 5.97. The summed E-state index contributed by atoms with van der Waals surface area (Å²) in [6.45, 7) is 0.546. The van der Waals surface area contributed by atoms with E-state index in [9.17, 15) is 4.39 Å². The van der Waals surface area contributed by atoms with Gasteiger partial charge in [0.05, 0.1) is 18.3 Å². The van der Waals surface area contributed by atoms with E-state index in [1.54, 1.807) is 23.1 Å². The van der Waals surface area contributed by atoms with Gasteiger partial charge >= 0.3 is 0 Å². The summed E-state index contributed by atoms with van der Waals surface area (Å²) in [6.07, 6.45) is 0. The summed E-state index contributed by atoms with van der Waals surface area (Å²) in [4.78, 5) is 6.00. The Bertz CT molecular complexity index is 610. The fourth-order valence-corrected chi connectivity index (χ4v) is 2.37. The van der Waals surface area contributed by atoms with Gasteiger partial charge in [0, 0.05) is 0 Å². The molecule has 2 aromatic carbocycles. The number of nitrogens with two attached hydrogens (primary N) is 1. The third-order valence-corrected chi connectivity index (χ3v) is 3.28. The molecule has 0 aliphatic carbocycles. The minimum Gasteiger partial charge on any atom is -0.369 e. The van der Waals surface area contributed by atoms with Crippen molar-refractivity contribution in [2.45, 2.75) is 6.04 Å². The molecule has 1 aliphatic rings. The van der Waals surface area contributed by atoms with Crippen molar-refractivity contribution in [3.8, 4) is 0 Å². The normalized spacial score (nSPS) is 18.5. The van der Waals surface area contributed by atoms with Crippen LogP contribution >= 0.6 is 0 Å². The molecule has 1 unspecified atom stereocenters. The monoisotopic (exact) mass is 255 g/mol. The van der Waals surface area contributed by atoms with E-state index in [2.05, 4.69) is 4.99 Å². The Balaban J connectivity index is 2.02. The smallest absolute Gasteiger partial charge is 0.196 e. The lowest BCUT2D eigenvalue weighted by Gasteiger charge is -2.26. The predicted octanol–water partition coefficient (Wildman–Crippen LogP) is 2.70. The lowest BCUT2D eigenvalue weighted by atomic mass is 10.1. The molecule has 0 fully saturated rings. The molecule has 3 rings (SSSR count). The Morgan fingerprint density at radius 1 is 1.05 bits per heavy atom. The summed E-state index contributed by atoms with van der Waals surface area (Å²) in [7, 11) is 0. The quantitative estimate of drug-likeness (QED) is 0.896. The lowest BCUT2D eigenvalue weighted by Crippen LogP contribution is -2.36. The highest BCUT2D eigenvalue weighted by Gasteiger charge is 2.30. The highest BCUT2D eigenvalue weighted by Crippen LogP contribution is 2.32. The summed E-state index contributed by atoms with van der Waals surface area (Å²) < 4.78 is 14.0. The van der Waals surface area contributed by atoms with Crippen LogP contribution < -0.4 is 10.6 Å². The van der Waals surface area contributed by atoms with Crippen LogP contribution in [-0.4, -0.2) is 12.5 Å². The van der Waals surface area contributed by atoms with Crippen molar-refractivity contribution in [1.82, 2.24) is 0 Å². The van der Waals surface area contributed by atoms with Crippen LogP contribution in [0.25, 0.3) is 0 Å². The summed E-state index contributed by atoms with van der Waals surface area (Å²) in [6, 6.07) is 16.5. The summed E-state index contributed by atoms with van der Waals surface area (Å²) >= 11 is 0. The largest absolute Gasteiger partial charge is 0.369 e. The van der Waals surface area contributed by atoms with Gasteiger partial charge in [0.1, 0.15) is 5.82 Å². The number of benzene rings is 2. The Morgan fingerprint density at radius 2 is 1.74 bits per heavy atom. The fourth-order valence-electron chi connectivity index (χ4n) is 2.37. The number of rotatable bonds is 2. The minimum absolute atomic E-state index is 0.0434. The summed E-state index contributed by atoms with van der Waals surface area (Å²) in [5.74, 6) is 0.0717. The van der Waals surface area contributed by atoms with Crippen molar-refractivity contribution in [3.63, 3.8) is 0 Å². The Hall–Kier alpha value is -2.36. The van der Waals surface area contributed by atoms with Crippen molar-refractivity contribution in [2.75, 3.05) is 11.4 Å². The molecular weight excluding hydrogens is 241 g/mol. The number of guanidine groups is 1. The molecule has 0 aromatic heterocycles. The summed E-state index contributed by atoms with van der Waals surface area (Å²) in [5.41, 5.74) is 7.46. The SMILES string of the molecule is NC1=NCC(c2ccccc2)N1c1ccccc1F. The van der Waals surface area contributed by atoms with Gasteiger partial charge in [0.25, 0.3) is 0 Å². The molecule has 1 aliphatic heterocycles. The van der Waals surface area contributed by atoms with Crippen LogP contribution in [0.3, 0.4) is 0 Å². The third kappa shape index (κ3) is 2.05. The molecule has 2 N–H and O–H groups in total. The molecule has 1 heterocycles. The molecule has 1 atom stereocenters.